The highest BCUT2D eigenvalue weighted by Crippen LogP contribution is 2.30. The van der Waals surface area contributed by atoms with Gasteiger partial charge in [0.2, 0.25) is 5.88 Å². The summed E-state index contributed by atoms with van der Waals surface area (Å²) in [7, 11) is 1.46. The number of hydrazine groups is 1. The van der Waals surface area contributed by atoms with Crippen LogP contribution in [-0.2, 0) is 4.74 Å². The summed E-state index contributed by atoms with van der Waals surface area (Å²) < 4.78 is 16.6. The molecule has 1 aromatic heterocycles. The number of nitrogens with zero attached hydrogens (tertiary/aromatic N) is 3. The third-order valence-electron chi connectivity index (χ3n) is 5.44. The van der Waals surface area contributed by atoms with Crippen LogP contribution in [0.25, 0.3) is 0 Å². The molecule has 0 bridgehead atoms. The van der Waals surface area contributed by atoms with Crippen LogP contribution in [0.15, 0.2) is 41.6 Å². The zero-order valence-corrected chi connectivity index (χ0v) is 19.5. The molecular weight excluding hydrogens is 440 g/mol. The van der Waals surface area contributed by atoms with Gasteiger partial charge in [-0.1, -0.05) is 12.1 Å². The van der Waals surface area contributed by atoms with Crippen LogP contribution in [0.1, 0.15) is 47.4 Å². The number of nitrogens with two attached hydrogens (primary N) is 1. The minimum atomic E-state index is -0.577. The molecule has 0 spiro atoms. The molecule has 34 heavy (non-hydrogen) atoms. The minimum Gasteiger partial charge on any atom is -0.496 e. The van der Waals surface area contributed by atoms with Crippen LogP contribution in [-0.4, -0.2) is 60.5 Å². The lowest BCUT2D eigenvalue weighted by Crippen LogP contribution is -2.49. The number of nitrogens with one attached hydrogen (secondary N) is 2. The topological polar surface area (TPSA) is 140 Å². The number of hydrazone groups is 1. The number of rotatable bonds is 9. The second kappa shape index (κ2) is 11.7. The molecule has 0 unspecified atom stereocenters. The van der Waals surface area contributed by atoms with E-state index in [0.29, 0.717) is 30.0 Å². The molecule has 0 saturated carbocycles. The maximum absolute atomic E-state index is 13.5. The van der Waals surface area contributed by atoms with Gasteiger partial charge in [-0.25, -0.2) is 15.3 Å². The zero-order chi connectivity index (χ0) is 24.5. The number of methoxy groups -OCH3 is 1. The van der Waals surface area contributed by atoms with Gasteiger partial charge >= 0.3 is 5.97 Å². The second-order valence-corrected chi connectivity index (χ2v) is 7.60. The fraction of sp³-hybridized carbons (Fsp3) is 0.391. The van der Waals surface area contributed by atoms with E-state index >= 15 is 0 Å². The highest BCUT2D eigenvalue weighted by Gasteiger charge is 2.33. The van der Waals surface area contributed by atoms with Crippen molar-refractivity contribution in [3.63, 3.8) is 0 Å². The third-order valence-corrected chi connectivity index (χ3v) is 5.44. The van der Waals surface area contributed by atoms with Crippen molar-refractivity contribution in [2.24, 2.45) is 10.8 Å². The average Bonchev–Trinajstić information content (AvgIpc) is 2.85. The number of pyridine rings is 1. The Morgan fingerprint density at radius 2 is 2.09 bits per heavy atom. The maximum atomic E-state index is 13.5. The summed E-state index contributed by atoms with van der Waals surface area (Å²) in [5.74, 6) is -0.303. The lowest BCUT2D eigenvalue weighted by molar-refractivity contribution is 0.0351. The van der Waals surface area contributed by atoms with Crippen molar-refractivity contribution < 1.29 is 23.8 Å². The van der Waals surface area contributed by atoms with E-state index in [1.165, 1.54) is 13.3 Å². The van der Waals surface area contributed by atoms with E-state index in [2.05, 4.69) is 21.0 Å². The number of piperidine rings is 1. The summed E-state index contributed by atoms with van der Waals surface area (Å²) >= 11 is 0. The lowest BCUT2D eigenvalue weighted by atomic mass is 9.99. The molecule has 4 N–H and O–H groups in total. The number of benzene rings is 1. The number of hydrogen-bond acceptors (Lipinski definition) is 9. The summed E-state index contributed by atoms with van der Waals surface area (Å²) in [6, 6.07) is 8.67. The number of hydrogen-bond donors (Lipinski definition) is 3. The van der Waals surface area contributed by atoms with Crippen LogP contribution in [0.5, 0.6) is 11.6 Å². The summed E-state index contributed by atoms with van der Waals surface area (Å²) in [5.41, 5.74) is 11.8. The molecule has 11 heteroatoms. The number of ether oxygens (including phenoxy) is 3. The number of esters is 1. The van der Waals surface area contributed by atoms with E-state index in [4.69, 9.17) is 19.9 Å². The Hall–Kier alpha value is -4.02. The van der Waals surface area contributed by atoms with Crippen molar-refractivity contribution >= 4 is 23.9 Å². The van der Waals surface area contributed by atoms with E-state index in [0.717, 1.165) is 12.8 Å². The smallest absolute Gasteiger partial charge is 0.347 e. The summed E-state index contributed by atoms with van der Waals surface area (Å²) in [4.78, 5) is 32.0. The SMILES string of the molecule is CCOC(=O)c1c(OC)ccnc1O[C@@H]1CC[C@@H](C)N(C(=O)c2ccccc2NN/N=C\N)C1. The van der Waals surface area contributed by atoms with Gasteiger partial charge in [-0.05, 0) is 44.9 Å². The highest BCUT2D eigenvalue weighted by molar-refractivity contribution is 5.99. The largest absolute Gasteiger partial charge is 0.496 e. The van der Waals surface area contributed by atoms with Gasteiger partial charge in [-0.15, -0.1) is 0 Å². The van der Waals surface area contributed by atoms with Gasteiger partial charge in [-0.2, -0.15) is 5.10 Å². The molecule has 1 aromatic carbocycles. The molecular formula is C23H30N6O5. The molecule has 1 amide bonds. The number of carbonyl (C=O) groups excluding carboxylic acids is 2. The fourth-order valence-corrected chi connectivity index (χ4v) is 3.75. The molecule has 2 heterocycles. The van der Waals surface area contributed by atoms with Crippen molar-refractivity contribution in [2.75, 3.05) is 25.7 Å². The molecule has 1 aliphatic rings. The lowest BCUT2D eigenvalue weighted by Gasteiger charge is -2.38. The molecule has 3 rings (SSSR count). The number of likely N-dealkylation sites (tertiary alicyclic amines) is 1. The number of carbonyl (C=O) groups is 2. The van der Waals surface area contributed by atoms with Gasteiger partial charge < -0.3 is 24.8 Å². The molecule has 1 aliphatic heterocycles. The first-order chi connectivity index (χ1) is 16.5. The van der Waals surface area contributed by atoms with Crippen LogP contribution >= 0.6 is 0 Å². The predicted octanol–water partition coefficient (Wildman–Crippen LogP) is 2.16. The fourth-order valence-electron chi connectivity index (χ4n) is 3.75. The van der Waals surface area contributed by atoms with Crippen molar-refractivity contribution in [3.05, 3.63) is 47.7 Å². The van der Waals surface area contributed by atoms with Crippen molar-refractivity contribution in [1.82, 2.24) is 15.4 Å². The first-order valence-corrected chi connectivity index (χ1v) is 11.0. The van der Waals surface area contributed by atoms with Crippen molar-refractivity contribution in [1.29, 1.82) is 0 Å². The van der Waals surface area contributed by atoms with Crippen LogP contribution in [0.3, 0.4) is 0 Å². The molecule has 1 fully saturated rings. The Kier molecular flexibility index (Phi) is 8.49. The van der Waals surface area contributed by atoms with Crippen LogP contribution in [0, 0.1) is 0 Å². The monoisotopic (exact) mass is 470 g/mol. The minimum absolute atomic E-state index is 0.00164. The van der Waals surface area contributed by atoms with Gasteiger partial charge in [0.15, 0.2) is 5.56 Å². The zero-order valence-electron chi connectivity index (χ0n) is 19.5. The van der Waals surface area contributed by atoms with E-state index < -0.39 is 5.97 Å². The maximum Gasteiger partial charge on any atom is 0.347 e. The number of amides is 1. The van der Waals surface area contributed by atoms with Crippen LogP contribution < -0.4 is 26.2 Å². The molecule has 11 nitrogen and oxygen atoms in total. The quantitative estimate of drug-likeness (QED) is 0.218. The van der Waals surface area contributed by atoms with Crippen LogP contribution in [0.4, 0.5) is 5.69 Å². The van der Waals surface area contributed by atoms with E-state index in [1.807, 2.05) is 13.0 Å². The van der Waals surface area contributed by atoms with Crippen LogP contribution in [0.2, 0.25) is 0 Å². The normalized spacial score (nSPS) is 17.8. The Morgan fingerprint density at radius 3 is 2.82 bits per heavy atom. The van der Waals surface area contributed by atoms with Gasteiger partial charge in [-0.3, -0.25) is 10.2 Å². The predicted molar refractivity (Wildman–Crippen MR) is 127 cm³/mol. The Bertz CT molecular complexity index is 1030. The first-order valence-electron chi connectivity index (χ1n) is 11.0. The van der Waals surface area contributed by atoms with Crippen molar-refractivity contribution in [3.8, 4) is 11.6 Å². The van der Waals surface area contributed by atoms with E-state index in [-0.39, 0.29) is 36.1 Å². The molecule has 2 atom stereocenters. The number of aromatic nitrogens is 1. The van der Waals surface area contributed by atoms with Gasteiger partial charge in [0, 0.05) is 12.2 Å². The second-order valence-electron chi connectivity index (χ2n) is 7.60. The Balaban J connectivity index is 1.81. The molecule has 0 aliphatic carbocycles. The van der Waals surface area contributed by atoms with Gasteiger partial charge in [0.05, 0.1) is 31.5 Å². The third kappa shape index (κ3) is 5.66. The number of para-hydroxylation sites is 1. The standard InChI is InChI=1S/C23H30N6O5/c1-4-33-23(31)20-19(32-3)11-12-25-21(20)34-16-10-9-15(2)29(13-16)22(30)17-7-5-6-8-18(17)27-28-26-14-24/h5-8,11-12,14-16,27-28H,4,9-10,13H2,1-3H3,(H2,24,26)/t15-,16-/m1/s1. The highest BCUT2D eigenvalue weighted by atomic mass is 16.5. The molecule has 1 saturated heterocycles. The van der Waals surface area contributed by atoms with E-state index in [1.54, 1.807) is 36.1 Å². The molecule has 2 aromatic rings. The average molecular weight is 471 g/mol. The Morgan fingerprint density at radius 1 is 1.29 bits per heavy atom. The Labute approximate surface area is 198 Å². The van der Waals surface area contributed by atoms with Crippen molar-refractivity contribution in [2.45, 2.75) is 38.8 Å². The summed E-state index contributed by atoms with van der Waals surface area (Å²) in [5, 5.41) is 3.70. The molecule has 182 valence electrons. The van der Waals surface area contributed by atoms with Gasteiger partial charge in [0.1, 0.15) is 18.2 Å². The molecule has 0 radical (unpaired) electrons. The summed E-state index contributed by atoms with van der Waals surface area (Å²) in [6.45, 7) is 4.25. The summed E-state index contributed by atoms with van der Waals surface area (Å²) in [6.07, 6.45) is 3.65. The van der Waals surface area contributed by atoms with Gasteiger partial charge in [0.25, 0.3) is 5.91 Å². The first kappa shape index (κ1) is 24.6. The van der Waals surface area contributed by atoms with E-state index in [9.17, 15) is 9.59 Å². The number of anilines is 1.